The van der Waals surface area contributed by atoms with Gasteiger partial charge in [-0.3, -0.25) is 0 Å². The summed E-state index contributed by atoms with van der Waals surface area (Å²) < 4.78 is 26.0. The van der Waals surface area contributed by atoms with Gasteiger partial charge in [0.2, 0.25) is 10.0 Å². The summed E-state index contributed by atoms with van der Waals surface area (Å²) in [7, 11) is -3.14. The van der Waals surface area contributed by atoms with E-state index < -0.39 is 10.0 Å². The highest BCUT2D eigenvalue weighted by molar-refractivity contribution is 7.89. The highest BCUT2D eigenvalue weighted by atomic mass is 32.2. The fourth-order valence-corrected chi connectivity index (χ4v) is 2.69. The zero-order valence-electron chi connectivity index (χ0n) is 10.9. The van der Waals surface area contributed by atoms with Crippen molar-refractivity contribution < 1.29 is 8.42 Å². The first-order chi connectivity index (χ1) is 8.64. The Labute approximate surface area is 110 Å². The number of aryl methyl sites for hydroxylation is 1. The lowest BCUT2D eigenvalue weighted by Gasteiger charge is -2.07. The third kappa shape index (κ3) is 6.74. The van der Waals surface area contributed by atoms with Crippen molar-refractivity contribution in [3.05, 3.63) is 35.9 Å². The Bertz CT molecular complexity index is 418. The van der Waals surface area contributed by atoms with Crippen molar-refractivity contribution in [3.63, 3.8) is 0 Å². The van der Waals surface area contributed by atoms with Crippen LogP contribution >= 0.6 is 0 Å². The number of nitrogens with one attached hydrogen (secondary N) is 2. The van der Waals surface area contributed by atoms with E-state index in [0.717, 1.165) is 25.1 Å². The summed E-state index contributed by atoms with van der Waals surface area (Å²) in [5.41, 5.74) is 1.05. The summed E-state index contributed by atoms with van der Waals surface area (Å²) >= 11 is 0. The van der Waals surface area contributed by atoms with Crippen LogP contribution in [0.2, 0.25) is 0 Å². The molecule has 0 aromatic heterocycles. The molecular weight excluding hydrogens is 248 g/mol. The zero-order chi connectivity index (χ0) is 13.3. The van der Waals surface area contributed by atoms with Gasteiger partial charge >= 0.3 is 0 Å². The molecule has 4 nitrogen and oxygen atoms in total. The summed E-state index contributed by atoms with van der Waals surface area (Å²) in [5, 5.41) is 3.16. The molecule has 0 radical (unpaired) electrons. The van der Waals surface area contributed by atoms with Crippen molar-refractivity contribution in [2.45, 2.75) is 19.8 Å². The summed E-state index contributed by atoms with van der Waals surface area (Å²) in [6.45, 7) is 4.30. The molecule has 0 bridgehead atoms. The second-order valence-corrected chi connectivity index (χ2v) is 6.08. The van der Waals surface area contributed by atoms with Gasteiger partial charge in [0.15, 0.2) is 0 Å². The van der Waals surface area contributed by atoms with Gasteiger partial charge in [-0.2, -0.15) is 0 Å². The summed E-state index contributed by atoms with van der Waals surface area (Å²) in [6, 6.07) is 9.66. The highest BCUT2D eigenvalue weighted by Gasteiger charge is 2.09. The van der Waals surface area contributed by atoms with Crippen LogP contribution in [0.15, 0.2) is 30.3 Å². The first-order valence-electron chi connectivity index (χ1n) is 6.36. The fourth-order valence-electron chi connectivity index (χ4n) is 1.59. The van der Waals surface area contributed by atoms with Crippen molar-refractivity contribution in [1.82, 2.24) is 10.0 Å². The molecule has 0 aliphatic heterocycles. The van der Waals surface area contributed by atoms with Crippen molar-refractivity contribution >= 4 is 10.0 Å². The highest BCUT2D eigenvalue weighted by Crippen LogP contribution is 2.01. The van der Waals surface area contributed by atoms with Gasteiger partial charge in [0.1, 0.15) is 0 Å². The van der Waals surface area contributed by atoms with E-state index in [-0.39, 0.29) is 5.75 Å². The van der Waals surface area contributed by atoms with Crippen LogP contribution in [0.3, 0.4) is 0 Å². The van der Waals surface area contributed by atoms with Crippen LogP contribution in [-0.2, 0) is 16.4 Å². The lowest BCUT2D eigenvalue weighted by atomic mass is 10.2. The molecule has 1 aromatic rings. The fraction of sp³-hybridized carbons (Fsp3) is 0.538. The lowest BCUT2D eigenvalue weighted by Crippen LogP contribution is -2.30. The Balaban J connectivity index is 2.23. The van der Waals surface area contributed by atoms with Crippen LogP contribution in [0.1, 0.15) is 18.9 Å². The first kappa shape index (κ1) is 15.1. The van der Waals surface area contributed by atoms with Gasteiger partial charge in [-0.15, -0.1) is 0 Å². The molecule has 1 rings (SSSR count). The molecule has 0 spiro atoms. The number of sulfonamides is 1. The van der Waals surface area contributed by atoms with E-state index in [4.69, 9.17) is 0 Å². The Kier molecular flexibility index (Phi) is 6.93. The normalized spacial score (nSPS) is 11.6. The third-order valence-corrected chi connectivity index (χ3v) is 3.99. The van der Waals surface area contributed by atoms with Crippen LogP contribution in [0, 0.1) is 0 Å². The number of benzene rings is 1. The summed E-state index contributed by atoms with van der Waals surface area (Å²) in [5.74, 6) is 0.151. The van der Waals surface area contributed by atoms with E-state index in [9.17, 15) is 8.42 Å². The minimum atomic E-state index is -3.14. The van der Waals surface area contributed by atoms with E-state index in [1.165, 1.54) is 0 Å². The molecule has 0 aliphatic carbocycles. The molecule has 18 heavy (non-hydrogen) atoms. The van der Waals surface area contributed by atoms with Gasteiger partial charge in [0.25, 0.3) is 0 Å². The SMILES string of the molecule is CCNCCCNS(=O)(=O)CCc1ccccc1. The molecule has 5 heteroatoms. The Hall–Kier alpha value is -0.910. The molecule has 0 heterocycles. The number of rotatable bonds is 9. The first-order valence-corrected chi connectivity index (χ1v) is 8.01. The van der Waals surface area contributed by atoms with Crippen LogP contribution in [0.4, 0.5) is 0 Å². The lowest BCUT2D eigenvalue weighted by molar-refractivity contribution is 0.574. The predicted molar refractivity (Wildman–Crippen MR) is 75.1 cm³/mol. The summed E-state index contributed by atoms with van der Waals surface area (Å²) in [4.78, 5) is 0. The quantitative estimate of drug-likeness (QED) is 0.662. The average molecular weight is 270 g/mol. The maximum Gasteiger partial charge on any atom is 0.211 e. The van der Waals surface area contributed by atoms with Crippen LogP contribution < -0.4 is 10.0 Å². The maximum absolute atomic E-state index is 11.7. The van der Waals surface area contributed by atoms with E-state index >= 15 is 0 Å². The minimum absolute atomic E-state index is 0.151. The Morgan fingerprint density at radius 3 is 2.50 bits per heavy atom. The number of hydrogen-bond acceptors (Lipinski definition) is 3. The Morgan fingerprint density at radius 2 is 1.83 bits per heavy atom. The van der Waals surface area contributed by atoms with Gasteiger partial charge in [0, 0.05) is 6.54 Å². The second-order valence-electron chi connectivity index (χ2n) is 4.16. The molecule has 102 valence electrons. The van der Waals surface area contributed by atoms with Crippen LogP contribution in [0.5, 0.6) is 0 Å². The van der Waals surface area contributed by atoms with Gasteiger partial charge in [-0.05, 0) is 31.5 Å². The molecule has 0 saturated carbocycles. The predicted octanol–water partition coefficient (Wildman–Crippen LogP) is 1.15. The van der Waals surface area contributed by atoms with E-state index in [2.05, 4.69) is 10.0 Å². The minimum Gasteiger partial charge on any atom is -0.317 e. The van der Waals surface area contributed by atoms with Gasteiger partial charge < -0.3 is 5.32 Å². The maximum atomic E-state index is 11.7. The topological polar surface area (TPSA) is 58.2 Å². The van der Waals surface area contributed by atoms with Crippen LogP contribution in [-0.4, -0.2) is 33.8 Å². The van der Waals surface area contributed by atoms with Crippen molar-refractivity contribution in [3.8, 4) is 0 Å². The van der Waals surface area contributed by atoms with Crippen molar-refractivity contribution in [2.24, 2.45) is 0 Å². The van der Waals surface area contributed by atoms with Gasteiger partial charge in [-0.1, -0.05) is 37.3 Å². The van der Waals surface area contributed by atoms with Gasteiger partial charge in [0.05, 0.1) is 5.75 Å². The molecule has 1 aromatic carbocycles. The molecule has 2 N–H and O–H groups in total. The average Bonchev–Trinajstić information content (AvgIpc) is 2.38. The molecule has 0 aliphatic rings. The summed E-state index contributed by atoms with van der Waals surface area (Å²) in [6.07, 6.45) is 1.38. The third-order valence-electron chi connectivity index (χ3n) is 2.60. The molecule has 0 amide bonds. The molecule has 0 saturated heterocycles. The molecule has 0 fully saturated rings. The molecular formula is C13H22N2O2S. The second kappa shape index (κ2) is 8.24. The smallest absolute Gasteiger partial charge is 0.211 e. The van der Waals surface area contributed by atoms with Gasteiger partial charge in [-0.25, -0.2) is 13.1 Å². The molecule has 0 atom stereocenters. The van der Waals surface area contributed by atoms with Crippen LogP contribution in [0.25, 0.3) is 0 Å². The molecule has 0 unspecified atom stereocenters. The number of hydrogen-bond donors (Lipinski definition) is 2. The van der Waals surface area contributed by atoms with Crippen molar-refractivity contribution in [2.75, 3.05) is 25.4 Å². The van der Waals surface area contributed by atoms with E-state index in [1.807, 2.05) is 37.3 Å². The monoisotopic (exact) mass is 270 g/mol. The van der Waals surface area contributed by atoms with E-state index in [0.29, 0.717) is 13.0 Å². The standard InChI is InChI=1S/C13H22N2O2S/c1-2-14-10-6-11-15-18(16,17)12-9-13-7-4-3-5-8-13/h3-5,7-8,14-15H,2,6,9-12H2,1H3. The van der Waals surface area contributed by atoms with Crippen molar-refractivity contribution in [1.29, 1.82) is 0 Å². The Morgan fingerprint density at radius 1 is 1.11 bits per heavy atom. The zero-order valence-corrected chi connectivity index (χ0v) is 11.7. The largest absolute Gasteiger partial charge is 0.317 e. The van der Waals surface area contributed by atoms with E-state index in [1.54, 1.807) is 0 Å².